The third-order valence-electron chi connectivity index (χ3n) is 4.78. The Balaban J connectivity index is 1.70. The molecule has 1 aliphatic heterocycles. The molecule has 0 bridgehead atoms. The number of hydrogen-bond donors (Lipinski definition) is 2. The second kappa shape index (κ2) is 10.4. The highest BCUT2D eigenvalue weighted by atomic mass is 32.2. The van der Waals surface area contributed by atoms with Crippen LogP contribution in [0.4, 0.5) is 4.79 Å². The molecule has 1 unspecified atom stereocenters. The number of amides is 2. The van der Waals surface area contributed by atoms with Crippen LogP contribution in [0.1, 0.15) is 33.1 Å². The van der Waals surface area contributed by atoms with Crippen molar-refractivity contribution in [3.05, 3.63) is 30.3 Å². The number of carbonyl (C=O) groups is 2. The standard InChI is InChI=1S/C19H29N3O5S/c1-3-27-18(23)15(2)21-19(24)20-12-9-16-10-13-22(14-11-16)28(25,26)17-7-5-4-6-8-17/h4-8,15-16H,3,9-14H2,1-2H3,(H2,20,21,24). The maximum Gasteiger partial charge on any atom is 0.328 e. The lowest BCUT2D eigenvalue weighted by Crippen LogP contribution is -2.45. The van der Waals surface area contributed by atoms with Gasteiger partial charge in [-0.15, -0.1) is 0 Å². The van der Waals surface area contributed by atoms with Crippen LogP contribution in [0.15, 0.2) is 35.2 Å². The van der Waals surface area contributed by atoms with E-state index in [1.165, 1.54) is 4.31 Å². The fourth-order valence-corrected chi connectivity index (χ4v) is 4.63. The second-order valence-electron chi connectivity index (χ2n) is 6.82. The lowest BCUT2D eigenvalue weighted by Gasteiger charge is -2.31. The van der Waals surface area contributed by atoms with Crippen molar-refractivity contribution in [3.63, 3.8) is 0 Å². The number of nitrogens with zero attached hydrogens (tertiary/aromatic N) is 1. The monoisotopic (exact) mass is 411 g/mol. The van der Waals surface area contributed by atoms with E-state index in [4.69, 9.17) is 4.74 Å². The van der Waals surface area contributed by atoms with Crippen molar-refractivity contribution < 1.29 is 22.7 Å². The number of urea groups is 1. The topological polar surface area (TPSA) is 105 Å². The zero-order chi connectivity index (χ0) is 20.6. The molecule has 2 amide bonds. The zero-order valence-corrected chi connectivity index (χ0v) is 17.2. The van der Waals surface area contributed by atoms with Gasteiger partial charge in [0, 0.05) is 19.6 Å². The molecule has 0 spiro atoms. The summed E-state index contributed by atoms with van der Waals surface area (Å²) in [7, 11) is -3.44. The smallest absolute Gasteiger partial charge is 0.328 e. The Bertz CT molecular complexity index is 746. The van der Waals surface area contributed by atoms with Crippen LogP contribution >= 0.6 is 0 Å². The first kappa shape index (κ1) is 22.2. The van der Waals surface area contributed by atoms with Crippen molar-refractivity contribution in [3.8, 4) is 0 Å². The number of piperidine rings is 1. The molecule has 1 aromatic rings. The maximum atomic E-state index is 12.6. The van der Waals surface area contributed by atoms with E-state index in [0.29, 0.717) is 30.4 Å². The largest absolute Gasteiger partial charge is 0.464 e. The van der Waals surface area contributed by atoms with Gasteiger partial charge in [0.15, 0.2) is 0 Å². The van der Waals surface area contributed by atoms with Crippen LogP contribution in [0.5, 0.6) is 0 Å². The molecule has 1 aliphatic rings. The number of hydrogen-bond acceptors (Lipinski definition) is 5. The van der Waals surface area contributed by atoms with E-state index in [1.807, 2.05) is 0 Å². The summed E-state index contributed by atoms with van der Waals surface area (Å²) >= 11 is 0. The van der Waals surface area contributed by atoms with Crippen molar-refractivity contribution in [2.45, 2.75) is 44.0 Å². The third kappa shape index (κ3) is 6.20. The van der Waals surface area contributed by atoms with Crippen LogP contribution in [-0.2, 0) is 19.6 Å². The van der Waals surface area contributed by atoms with E-state index >= 15 is 0 Å². The maximum absolute atomic E-state index is 12.6. The number of esters is 1. The molecule has 1 atom stereocenters. The predicted molar refractivity (Wildman–Crippen MR) is 105 cm³/mol. The van der Waals surface area contributed by atoms with Crippen molar-refractivity contribution in [1.82, 2.24) is 14.9 Å². The van der Waals surface area contributed by atoms with Gasteiger partial charge in [0.25, 0.3) is 0 Å². The summed E-state index contributed by atoms with van der Waals surface area (Å²) in [6.45, 7) is 4.98. The van der Waals surface area contributed by atoms with E-state index in [-0.39, 0.29) is 6.61 Å². The van der Waals surface area contributed by atoms with Gasteiger partial charge in [-0.1, -0.05) is 18.2 Å². The number of carbonyl (C=O) groups excluding carboxylic acids is 2. The molecule has 2 N–H and O–H groups in total. The van der Waals surface area contributed by atoms with Crippen molar-refractivity contribution in [1.29, 1.82) is 0 Å². The van der Waals surface area contributed by atoms with Crippen LogP contribution in [0.2, 0.25) is 0 Å². The van der Waals surface area contributed by atoms with Gasteiger partial charge in [-0.05, 0) is 51.2 Å². The summed E-state index contributed by atoms with van der Waals surface area (Å²) in [5, 5.41) is 5.27. The van der Waals surface area contributed by atoms with E-state index in [0.717, 1.165) is 19.3 Å². The Labute approximate surface area is 166 Å². The highest BCUT2D eigenvalue weighted by Gasteiger charge is 2.29. The molecule has 1 heterocycles. The lowest BCUT2D eigenvalue weighted by atomic mass is 9.95. The fraction of sp³-hybridized carbons (Fsp3) is 0.579. The summed E-state index contributed by atoms with van der Waals surface area (Å²) in [5.74, 6) is -0.116. The average Bonchev–Trinajstić information content (AvgIpc) is 2.69. The summed E-state index contributed by atoms with van der Waals surface area (Å²) < 4.78 is 31.6. The van der Waals surface area contributed by atoms with Crippen molar-refractivity contribution in [2.24, 2.45) is 5.92 Å². The summed E-state index contributed by atoms with van der Waals surface area (Å²) in [4.78, 5) is 23.6. The Kier molecular flexibility index (Phi) is 8.25. The molecule has 0 saturated carbocycles. The molecule has 2 rings (SSSR count). The van der Waals surface area contributed by atoms with Gasteiger partial charge >= 0.3 is 12.0 Å². The predicted octanol–water partition coefficient (Wildman–Crippen LogP) is 1.73. The van der Waals surface area contributed by atoms with E-state index in [1.54, 1.807) is 44.2 Å². The SMILES string of the molecule is CCOC(=O)C(C)NC(=O)NCCC1CCN(S(=O)(=O)c2ccccc2)CC1. The van der Waals surface area contributed by atoms with Crippen LogP contribution in [-0.4, -0.2) is 57.0 Å². The highest BCUT2D eigenvalue weighted by Crippen LogP contribution is 2.25. The average molecular weight is 412 g/mol. The molecule has 1 fully saturated rings. The Morgan fingerprint density at radius 3 is 2.46 bits per heavy atom. The Morgan fingerprint density at radius 2 is 1.86 bits per heavy atom. The Morgan fingerprint density at radius 1 is 1.21 bits per heavy atom. The van der Waals surface area contributed by atoms with Crippen molar-refractivity contribution in [2.75, 3.05) is 26.2 Å². The molecule has 0 aromatic heterocycles. The van der Waals surface area contributed by atoms with Gasteiger partial charge in [0.05, 0.1) is 11.5 Å². The first-order valence-corrected chi connectivity index (χ1v) is 11.0. The normalized spacial score (nSPS) is 16.9. The summed E-state index contributed by atoms with van der Waals surface area (Å²) in [6, 6.07) is 7.35. The lowest BCUT2D eigenvalue weighted by molar-refractivity contribution is -0.144. The van der Waals surface area contributed by atoms with Gasteiger partial charge in [-0.2, -0.15) is 4.31 Å². The molecular weight excluding hydrogens is 382 g/mol. The van der Waals surface area contributed by atoms with Crippen LogP contribution < -0.4 is 10.6 Å². The third-order valence-corrected chi connectivity index (χ3v) is 6.69. The number of sulfonamides is 1. The second-order valence-corrected chi connectivity index (χ2v) is 8.76. The van der Waals surface area contributed by atoms with Gasteiger partial charge < -0.3 is 15.4 Å². The number of ether oxygens (including phenoxy) is 1. The fourth-order valence-electron chi connectivity index (χ4n) is 3.14. The molecular formula is C19H29N3O5S. The molecule has 0 aliphatic carbocycles. The first-order chi connectivity index (χ1) is 13.3. The molecule has 8 nitrogen and oxygen atoms in total. The van der Waals surface area contributed by atoms with E-state index in [9.17, 15) is 18.0 Å². The highest BCUT2D eigenvalue weighted by molar-refractivity contribution is 7.89. The van der Waals surface area contributed by atoms with Crippen molar-refractivity contribution >= 4 is 22.0 Å². The minimum Gasteiger partial charge on any atom is -0.464 e. The quantitative estimate of drug-likeness (QED) is 0.634. The number of nitrogens with one attached hydrogen (secondary N) is 2. The first-order valence-electron chi connectivity index (χ1n) is 9.60. The van der Waals surface area contributed by atoms with Gasteiger partial charge in [0.2, 0.25) is 10.0 Å². The molecule has 1 aromatic carbocycles. The molecule has 9 heteroatoms. The summed E-state index contributed by atoms with van der Waals surface area (Å²) in [6.07, 6.45) is 2.28. The minimum atomic E-state index is -3.44. The minimum absolute atomic E-state index is 0.269. The summed E-state index contributed by atoms with van der Waals surface area (Å²) in [5.41, 5.74) is 0. The van der Waals surface area contributed by atoms with Crippen LogP contribution in [0.3, 0.4) is 0 Å². The van der Waals surface area contributed by atoms with Crippen LogP contribution in [0.25, 0.3) is 0 Å². The molecule has 156 valence electrons. The molecule has 0 radical (unpaired) electrons. The number of rotatable bonds is 8. The van der Waals surface area contributed by atoms with E-state index < -0.39 is 28.1 Å². The van der Waals surface area contributed by atoms with Gasteiger partial charge in [0.1, 0.15) is 6.04 Å². The molecule has 1 saturated heterocycles. The van der Waals surface area contributed by atoms with Gasteiger partial charge in [-0.25, -0.2) is 18.0 Å². The Hall–Kier alpha value is -2.13. The van der Waals surface area contributed by atoms with E-state index in [2.05, 4.69) is 10.6 Å². The number of benzene rings is 1. The van der Waals surface area contributed by atoms with Crippen LogP contribution in [0, 0.1) is 5.92 Å². The zero-order valence-electron chi connectivity index (χ0n) is 16.4. The molecule has 28 heavy (non-hydrogen) atoms. The van der Waals surface area contributed by atoms with Gasteiger partial charge in [-0.3, -0.25) is 0 Å².